The number of thioether (sulfide) groups is 1. The Labute approximate surface area is 95.6 Å². The van der Waals surface area contributed by atoms with Gasteiger partial charge in [0, 0.05) is 29.9 Å². The Hall–Kier alpha value is -0.510. The van der Waals surface area contributed by atoms with Crippen molar-refractivity contribution in [3.63, 3.8) is 0 Å². The lowest BCUT2D eigenvalue weighted by atomic mass is 9.89. The molecule has 1 atom stereocenters. The van der Waals surface area contributed by atoms with Crippen molar-refractivity contribution >= 4 is 11.8 Å². The molecule has 1 aliphatic rings. The van der Waals surface area contributed by atoms with E-state index in [0.717, 1.165) is 18.8 Å². The standard InChI is InChI=1S/C12H18N2S/c1-2-15-11-5-3-9(4-6-11)12(13)10-7-14-8-10/h3-6,10,12,14H,2,7-8,13H2,1H3. The average molecular weight is 222 g/mol. The van der Waals surface area contributed by atoms with E-state index in [1.165, 1.54) is 10.5 Å². The number of rotatable bonds is 4. The summed E-state index contributed by atoms with van der Waals surface area (Å²) >= 11 is 1.87. The van der Waals surface area contributed by atoms with Gasteiger partial charge in [-0.15, -0.1) is 11.8 Å². The van der Waals surface area contributed by atoms with Crippen molar-refractivity contribution in [1.29, 1.82) is 0 Å². The van der Waals surface area contributed by atoms with Gasteiger partial charge in [0.15, 0.2) is 0 Å². The number of hydrogen-bond donors (Lipinski definition) is 2. The molecular weight excluding hydrogens is 204 g/mol. The Kier molecular flexibility index (Phi) is 3.67. The zero-order valence-electron chi connectivity index (χ0n) is 9.07. The van der Waals surface area contributed by atoms with Gasteiger partial charge in [-0.3, -0.25) is 0 Å². The van der Waals surface area contributed by atoms with Crippen LogP contribution >= 0.6 is 11.8 Å². The normalized spacial score (nSPS) is 18.5. The maximum atomic E-state index is 6.18. The fourth-order valence-electron chi connectivity index (χ4n) is 1.79. The number of hydrogen-bond acceptors (Lipinski definition) is 3. The predicted octanol–water partition coefficient (Wildman–Crippen LogP) is 2.02. The lowest BCUT2D eigenvalue weighted by molar-refractivity contribution is 0.295. The summed E-state index contributed by atoms with van der Waals surface area (Å²) in [5.41, 5.74) is 7.44. The fourth-order valence-corrected chi connectivity index (χ4v) is 2.45. The van der Waals surface area contributed by atoms with Crippen LogP contribution in [0.1, 0.15) is 18.5 Å². The molecule has 15 heavy (non-hydrogen) atoms. The van der Waals surface area contributed by atoms with E-state index in [1.807, 2.05) is 11.8 Å². The van der Waals surface area contributed by atoms with E-state index in [-0.39, 0.29) is 6.04 Å². The largest absolute Gasteiger partial charge is 0.324 e. The van der Waals surface area contributed by atoms with Crippen LogP contribution in [-0.4, -0.2) is 18.8 Å². The van der Waals surface area contributed by atoms with Gasteiger partial charge in [-0.2, -0.15) is 0 Å². The number of benzene rings is 1. The molecule has 2 rings (SSSR count). The highest BCUT2D eigenvalue weighted by Gasteiger charge is 2.24. The zero-order chi connectivity index (χ0) is 10.7. The zero-order valence-corrected chi connectivity index (χ0v) is 9.89. The van der Waals surface area contributed by atoms with Crippen LogP contribution in [0.15, 0.2) is 29.2 Å². The molecule has 82 valence electrons. The maximum Gasteiger partial charge on any atom is 0.0347 e. The molecular formula is C12H18N2S. The van der Waals surface area contributed by atoms with Crippen LogP contribution in [0.5, 0.6) is 0 Å². The van der Waals surface area contributed by atoms with Crippen LogP contribution in [0, 0.1) is 5.92 Å². The summed E-state index contributed by atoms with van der Waals surface area (Å²) in [6.07, 6.45) is 0. The van der Waals surface area contributed by atoms with Crippen LogP contribution < -0.4 is 11.1 Å². The molecule has 0 aliphatic carbocycles. The van der Waals surface area contributed by atoms with E-state index in [9.17, 15) is 0 Å². The lowest BCUT2D eigenvalue weighted by Gasteiger charge is -2.32. The molecule has 1 fully saturated rings. The van der Waals surface area contributed by atoms with Gasteiger partial charge in [0.1, 0.15) is 0 Å². The van der Waals surface area contributed by atoms with Gasteiger partial charge in [-0.1, -0.05) is 19.1 Å². The summed E-state index contributed by atoms with van der Waals surface area (Å²) in [6.45, 7) is 4.30. The minimum absolute atomic E-state index is 0.201. The first-order chi connectivity index (χ1) is 7.31. The molecule has 1 heterocycles. The SMILES string of the molecule is CCSc1ccc(C(N)C2CNC2)cc1. The Balaban J connectivity index is 2.02. The van der Waals surface area contributed by atoms with E-state index < -0.39 is 0 Å². The van der Waals surface area contributed by atoms with Gasteiger partial charge in [0.2, 0.25) is 0 Å². The van der Waals surface area contributed by atoms with Crippen molar-refractivity contribution in [3.05, 3.63) is 29.8 Å². The summed E-state index contributed by atoms with van der Waals surface area (Å²) in [4.78, 5) is 1.33. The van der Waals surface area contributed by atoms with Crippen molar-refractivity contribution in [2.45, 2.75) is 17.9 Å². The first-order valence-corrected chi connectivity index (χ1v) is 6.49. The average Bonchev–Trinajstić information content (AvgIpc) is 2.16. The van der Waals surface area contributed by atoms with E-state index in [0.29, 0.717) is 5.92 Å². The minimum Gasteiger partial charge on any atom is -0.324 e. The third-order valence-electron chi connectivity index (χ3n) is 2.90. The van der Waals surface area contributed by atoms with E-state index >= 15 is 0 Å². The third-order valence-corrected chi connectivity index (χ3v) is 3.79. The summed E-state index contributed by atoms with van der Waals surface area (Å²) < 4.78 is 0. The van der Waals surface area contributed by atoms with Gasteiger partial charge in [-0.25, -0.2) is 0 Å². The molecule has 1 aromatic carbocycles. The van der Waals surface area contributed by atoms with Crippen LogP contribution in [0.2, 0.25) is 0 Å². The molecule has 2 nitrogen and oxygen atoms in total. The minimum atomic E-state index is 0.201. The second-order valence-electron chi connectivity index (χ2n) is 3.95. The van der Waals surface area contributed by atoms with Crippen molar-refractivity contribution < 1.29 is 0 Å². The molecule has 0 bridgehead atoms. The van der Waals surface area contributed by atoms with Gasteiger partial charge >= 0.3 is 0 Å². The van der Waals surface area contributed by atoms with E-state index in [4.69, 9.17) is 5.73 Å². The smallest absolute Gasteiger partial charge is 0.0347 e. The number of nitrogens with one attached hydrogen (secondary N) is 1. The second kappa shape index (κ2) is 5.01. The second-order valence-corrected chi connectivity index (χ2v) is 5.28. The maximum absolute atomic E-state index is 6.18. The monoisotopic (exact) mass is 222 g/mol. The van der Waals surface area contributed by atoms with Gasteiger partial charge in [0.25, 0.3) is 0 Å². The van der Waals surface area contributed by atoms with Crippen LogP contribution in [0.3, 0.4) is 0 Å². The van der Waals surface area contributed by atoms with E-state index in [2.05, 4.69) is 36.5 Å². The summed E-state index contributed by atoms with van der Waals surface area (Å²) in [5, 5.41) is 3.26. The lowest BCUT2D eigenvalue weighted by Crippen LogP contribution is -2.47. The fraction of sp³-hybridized carbons (Fsp3) is 0.500. The van der Waals surface area contributed by atoms with Gasteiger partial charge in [0.05, 0.1) is 0 Å². The highest BCUT2D eigenvalue weighted by Crippen LogP contribution is 2.25. The summed E-state index contributed by atoms with van der Waals surface area (Å²) in [7, 11) is 0. The third kappa shape index (κ3) is 2.54. The molecule has 3 N–H and O–H groups in total. The Morgan fingerprint density at radius 1 is 1.40 bits per heavy atom. The molecule has 0 saturated carbocycles. The van der Waals surface area contributed by atoms with Crippen LogP contribution in [0.25, 0.3) is 0 Å². The van der Waals surface area contributed by atoms with Gasteiger partial charge < -0.3 is 11.1 Å². The van der Waals surface area contributed by atoms with E-state index in [1.54, 1.807) is 0 Å². The van der Waals surface area contributed by atoms with Crippen molar-refractivity contribution in [2.75, 3.05) is 18.8 Å². The first kappa shape index (κ1) is 11.0. The highest BCUT2D eigenvalue weighted by molar-refractivity contribution is 7.99. The molecule has 0 aromatic heterocycles. The van der Waals surface area contributed by atoms with Crippen LogP contribution in [-0.2, 0) is 0 Å². The molecule has 0 amide bonds. The van der Waals surface area contributed by atoms with Gasteiger partial charge in [-0.05, 0) is 23.4 Å². The molecule has 1 saturated heterocycles. The summed E-state index contributed by atoms with van der Waals surface area (Å²) in [6, 6.07) is 8.89. The van der Waals surface area contributed by atoms with Crippen LogP contribution in [0.4, 0.5) is 0 Å². The topological polar surface area (TPSA) is 38.0 Å². The molecule has 3 heteroatoms. The van der Waals surface area contributed by atoms with Crippen molar-refractivity contribution in [1.82, 2.24) is 5.32 Å². The Morgan fingerprint density at radius 3 is 2.53 bits per heavy atom. The number of nitrogens with two attached hydrogens (primary N) is 1. The Morgan fingerprint density at radius 2 is 2.07 bits per heavy atom. The molecule has 1 aromatic rings. The molecule has 0 spiro atoms. The predicted molar refractivity (Wildman–Crippen MR) is 66.1 cm³/mol. The molecule has 1 unspecified atom stereocenters. The van der Waals surface area contributed by atoms with Crippen molar-refractivity contribution in [3.8, 4) is 0 Å². The van der Waals surface area contributed by atoms with Crippen molar-refractivity contribution in [2.24, 2.45) is 11.7 Å². The summed E-state index contributed by atoms with van der Waals surface area (Å²) in [5.74, 6) is 1.74. The Bertz CT molecular complexity index is 306. The first-order valence-electron chi connectivity index (χ1n) is 5.50. The molecule has 1 aliphatic heterocycles. The molecule has 0 radical (unpaired) electrons. The highest BCUT2D eigenvalue weighted by atomic mass is 32.2. The quantitative estimate of drug-likeness (QED) is 0.765.